The Bertz CT molecular complexity index is 347. The van der Waals surface area contributed by atoms with Crippen LogP contribution in [0, 0.1) is 19.8 Å². The average molecular weight is 238 g/mol. The molecule has 0 amide bonds. The van der Waals surface area contributed by atoms with E-state index in [4.69, 9.17) is 5.73 Å². The molecule has 90 valence electrons. The summed E-state index contributed by atoms with van der Waals surface area (Å²) >= 11 is 1.91. The lowest BCUT2D eigenvalue weighted by Crippen LogP contribution is -2.28. The Morgan fingerprint density at radius 1 is 1.50 bits per heavy atom. The van der Waals surface area contributed by atoms with E-state index in [1.165, 1.54) is 28.3 Å². The first-order valence-electron chi connectivity index (χ1n) is 6.18. The molecule has 0 aromatic carbocycles. The molecule has 1 aliphatic rings. The quantitative estimate of drug-likeness (QED) is 0.877. The molecule has 2 N–H and O–H groups in total. The standard InChI is InChI=1S/C13H22N2S/c1-4-15-6-5-11(8-14)13(15)12-7-9(2)16-10(12)3/h7,11,13H,4-6,8,14H2,1-3H3. The van der Waals surface area contributed by atoms with Crippen LogP contribution in [0.2, 0.25) is 0 Å². The van der Waals surface area contributed by atoms with E-state index in [0.717, 1.165) is 13.1 Å². The van der Waals surface area contributed by atoms with Crippen LogP contribution in [-0.2, 0) is 0 Å². The zero-order chi connectivity index (χ0) is 11.7. The molecule has 0 aliphatic carbocycles. The predicted octanol–water partition coefficient (Wildman–Crippen LogP) is 2.71. The van der Waals surface area contributed by atoms with Gasteiger partial charge in [0.15, 0.2) is 0 Å². The van der Waals surface area contributed by atoms with Crippen molar-refractivity contribution in [1.29, 1.82) is 0 Å². The van der Waals surface area contributed by atoms with Crippen LogP contribution in [0.1, 0.15) is 34.7 Å². The van der Waals surface area contributed by atoms with Crippen molar-refractivity contribution < 1.29 is 0 Å². The highest BCUT2D eigenvalue weighted by Crippen LogP contribution is 2.40. The van der Waals surface area contributed by atoms with Crippen molar-refractivity contribution in [2.24, 2.45) is 11.7 Å². The Morgan fingerprint density at radius 3 is 2.75 bits per heavy atom. The number of aryl methyl sites for hydroxylation is 2. The van der Waals surface area contributed by atoms with Crippen molar-refractivity contribution in [3.63, 3.8) is 0 Å². The highest BCUT2D eigenvalue weighted by atomic mass is 32.1. The van der Waals surface area contributed by atoms with E-state index < -0.39 is 0 Å². The summed E-state index contributed by atoms with van der Waals surface area (Å²) in [6.07, 6.45) is 1.25. The lowest BCUT2D eigenvalue weighted by molar-refractivity contribution is 0.241. The lowest BCUT2D eigenvalue weighted by atomic mass is 9.94. The van der Waals surface area contributed by atoms with Gasteiger partial charge in [0.25, 0.3) is 0 Å². The maximum atomic E-state index is 5.91. The minimum Gasteiger partial charge on any atom is -0.330 e. The molecule has 1 aromatic rings. The molecular formula is C13H22N2S. The van der Waals surface area contributed by atoms with E-state index in [9.17, 15) is 0 Å². The fourth-order valence-electron chi connectivity index (χ4n) is 2.92. The number of nitrogens with zero attached hydrogens (tertiary/aromatic N) is 1. The molecule has 3 heteroatoms. The summed E-state index contributed by atoms with van der Waals surface area (Å²) in [6.45, 7) is 9.85. The van der Waals surface area contributed by atoms with E-state index in [0.29, 0.717) is 12.0 Å². The third-order valence-electron chi connectivity index (χ3n) is 3.73. The van der Waals surface area contributed by atoms with E-state index in [1.54, 1.807) is 0 Å². The van der Waals surface area contributed by atoms with Gasteiger partial charge in [-0.25, -0.2) is 0 Å². The van der Waals surface area contributed by atoms with Crippen LogP contribution in [0.4, 0.5) is 0 Å². The van der Waals surface area contributed by atoms with Gasteiger partial charge in [-0.1, -0.05) is 6.92 Å². The van der Waals surface area contributed by atoms with Gasteiger partial charge in [0.05, 0.1) is 0 Å². The van der Waals surface area contributed by atoms with Crippen molar-refractivity contribution in [3.05, 3.63) is 21.4 Å². The molecule has 1 aromatic heterocycles. The van der Waals surface area contributed by atoms with Crippen molar-refractivity contribution in [3.8, 4) is 0 Å². The first kappa shape index (κ1) is 12.1. The Kier molecular flexibility index (Phi) is 3.67. The Morgan fingerprint density at radius 2 is 2.25 bits per heavy atom. The summed E-state index contributed by atoms with van der Waals surface area (Å²) in [7, 11) is 0. The number of hydrogen-bond acceptors (Lipinski definition) is 3. The van der Waals surface area contributed by atoms with Gasteiger partial charge in [-0.3, -0.25) is 4.90 Å². The first-order chi connectivity index (χ1) is 7.67. The molecule has 1 saturated heterocycles. The van der Waals surface area contributed by atoms with Gasteiger partial charge >= 0.3 is 0 Å². The molecule has 0 saturated carbocycles. The summed E-state index contributed by atoms with van der Waals surface area (Å²) in [5.41, 5.74) is 7.44. The van der Waals surface area contributed by atoms with Crippen molar-refractivity contribution in [2.75, 3.05) is 19.6 Å². The molecular weight excluding hydrogens is 216 g/mol. The SMILES string of the molecule is CCN1CCC(CN)C1c1cc(C)sc1C. The van der Waals surface area contributed by atoms with Crippen LogP contribution >= 0.6 is 11.3 Å². The number of likely N-dealkylation sites (tertiary alicyclic amines) is 1. The van der Waals surface area contributed by atoms with Crippen molar-refractivity contribution in [2.45, 2.75) is 33.2 Å². The van der Waals surface area contributed by atoms with Gasteiger partial charge < -0.3 is 5.73 Å². The van der Waals surface area contributed by atoms with Crippen LogP contribution in [-0.4, -0.2) is 24.5 Å². The molecule has 2 heterocycles. The maximum Gasteiger partial charge on any atom is 0.0399 e. The van der Waals surface area contributed by atoms with Crippen LogP contribution in [0.5, 0.6) is 0 Å². The van der Waals surface area contributed by atoms with E-state index in [2.05, 4.69) is 31.7 Å². The Labute approximate surface area is 102 Å². The topological polar surface area (TPSA) is 29.3 Å². The number of nitrogens with two attached hydrogens (primary N) is 1. The minimum atomic E-state index is 0.569. The second-order valence-electron chi connectivity index (χ2n) is 4.73. The number of rotatable bonds is 3. The van der Waals surface area contributed by atoms with Crippen molar-refractivity contribution in [1.82, 2.24) is 4.90 Å². The zero-order valence-electron chi connectivity index (χ0n) is 10.5. The average Bonchev–Trinajstić information content (AvgIpc) is 2.80. The molecule has 1 aliphatic heterocycles. The number of hydrogen-bond donors (Lipinski definition) is 1. The fourth-order valence-corrected chi connectivity index (χ4v) is 3.89. The van der Waals surface area contributed by atoms with Gasteiger partial charge in [-0.2, -0.15) is 0 Å². The smallest absolute Gasteiger partial charge is 0.0399 e. The minimum absolute atomic E-state index is 0.569. The van der Waals surface area contributed by atoms with Crippen molar-refractivity contribution >= 4 is 11.3 Å². The highest BCUT2D eigenvalue weighted by Gasteiger charge is 2.34. The molecule has 16 heavy (non-hydrogen) atoms. The Hall–Kier alpha value is -0.380. The third kappa shape index (κ3) is 2.04. The summed E-state index contributed by atoms with van der Waals surface area (Å²) in [6, 6.07) is 2.93. The molecule has 0 spiro atoms. The van der Waals surface area contributed by atoms with Gasteiger partial charge in [0.1, 0.15) is 0 Å². The molecule has 0 bridgehead atoms. The summed E-state index contributed by atoms with van der Waals surface area (Å²) < 4.78 is 0. The van der Waals surface area contributed by atoms with Crippen LogP contribution in [0.3, 0.4) is 0 Å². The zero-order valence-corrected chi connectivity index (χ0v) is 11.3. The lowest BCUT2D eigenvalue weighted by Gasteiger charge is -2.27. The second kappa shape index (κ2) is 4.86. The molecule has 2 unspecified atom stereocenters. The highest BCUT2D eigenvalue weighted by molar-refractivity contribution is 7.12. The van der Waals surface area contributed by atoms with Gasteiger partial charge in [0.2, 0.25) is 0 Å². The van der Waals surface area contributed by atoms with E-state index >= 15 is 0 Å². The fraction of sp³-hybridized carbons (Fsp3) is 0.692. The first-order valence-corrected chi connectivity index (χ1v) is 7.00. The van der Waals surface area contributed by atoms with Crippen LogP contribution < -0.4 is 5.73 Å². The van der Waals surface area contributed by atoms with Crippen LogP contribution in [0.15, 0.2) is 6.07 Å². The molecule has 2 atom stereocenters. The molecule has 1 fully saturated rings. The van der Waals surface area contributed by atoms with E-state index in [-0.39, 0.29) is 0 Å². The monoisotopic (exact) mass is 238 g/mol. The molecule has 2 nitrogen and oxygen atoms in total. The summed E-state index contributed by atoms with van der Waals surface area (Å²) in [4.78, 5) is 5.47. The van der Waals surface area contributed by atoms with Gasteiger partial charge in [-0.05, 0) is 57.5 Å². The normalized spacial score (nSPS) is 26.5. The van der Waals surface area contributed by atoms with Gasteiger partial charge in [0, 0.05) is 15.8 Å². The third-order valence-corrected chi connectivity index (χ3v) is 4.72. The van der Waals surface area contributed by atoms with Gasteiger partial charge in [-0.15, -0.1) is 11.3 Å². The van der Waals surface area contributed by atoms with E-state index in [1.807, 2.05) is 11.3 Å². The molecule has 2 rings (SSSR count). The predicted molar refractivity (Wildman–Crippen MR) is 70.9 cm³/mol. The number of thiophene rings is 1. The largest absolute Gasteiger partial charge is 0.330 e. The maximum absolute atomic E-state index is 5.91. The summed E-state index contributed by atoms with van der Waals surface area (Å²) in [5.74, 6) is 0.646. The van der Waals surface area contributed by atoms with Crippen LogP contribution in [0.25, 0.3) is 0 Å². The molecule has 0 radical (unpaired) electrons. The summed E-state index contributed by atoms with van der Waals surface area (Å²) in [5, 5.41) is 0. The second-order valence-corrected chi connectivity index (χ2v) is 6.19. The Balaban J connectivity index is 2.31.